The molecule has 2 aromatic carbocycles. The van der Waals surface area contributed by atoms with E-state index in [9.17, 15) is 4.79 Å². The lowest BCUT2D eigenvalue weighted by molar-refractivity contribution is 0.102. The van der Waals surface area contributed by atoms with Crippen molar-refractivity contribution in [3.05, 3.63) is 77.1 Å². The highest BCUT2D eigenvalue weighted by Crippen LogP contribution is 2.15. The molecule has 1 N–H and O–H groups in total. The first-order valence-electron chi connectivity index (χ1n) is 7.36. The number of aromatic nitrogens is 2. The van der Waals surface area contributed by atoms with Crippen molar-refractivity contribution in [1.82, 2.24) is 9.78 Å². The molecule has 0 aliphatic carbocycles. The lowest BCUT2D eigenvalue weighted by Crippen LogP contribution is -2.11. The molecule has 0 fully saturated rings. The Morgan fingerprint density at radius 1 is 1.25 bits per heavy atom. The third-order valence-corrected chi connectivity index (χ3v) is 3.73. The Kier molecular flexibility index (Phi) is 4.82. The highest BCUT2D eigenvalue weighted by Gasteiger charge is 2.08. The number of ether oxygens (including phenoxy) is 1. The van der Waals surface area contributed by atoms with Gasteiger partial charge in [0.05, 0.1) is 25.5 Å². The first kappa shape index (κ1) is 16.1. The quantitative estimate of drug-likeness (QED) is 0.767. The van der Waals surface area contributed by atoms with Crippen molar-refractivity contribution in [2.24, 2.45) is 0 Å². The lowest BCUT2D eigenvalue weighted by atomic mass is 10.2. The van der Waals surface area contributed by atoms with Crippen LogP contribution in [0, 0.1) is 0 Å². The van der Waals surface area contributed by atoms with E-state index in [0.29, 0.717) is 28.6 Å². The third-order valence-electron chi connectivity index (χ3n) is 3.48. The summed E-state index contributed by atoms with van der Waals surface area (Å²) in [5, 5.41) is 7.78. The highest BCUT2D eigenvalue weighted by atomic mass is 35.5. The fourth-order valence-electron chi connectivity index (χ4n) is 2.26. The number of hydrogen-bond acceptors (Lipinski definition) is 3. The second-order valence-electron chi connectivity index (χ2n) is 5.24. The molecule has 0 atom stereocenters. The van der Waals surface area contributed by atoms with Gasteiger partial charge in [-0.2, -0.15) is 5.10 Å². The number of amides is 1. The number of nitrogens with zero attached hydrogens (tertiary/aromatic N) is 2. The predicted molar refractivity (Wildman–Crippen MR) is 93.7 cm³/mol. The minimum Gasteiger partial charge on any atom is -0.497 e. The largest absolute Gasteiger partial charge is 0.497 e. The van der Waals surface area contributed by atoms with E-state index in [1.54, 1.807) is 48.5 Å². The SMILES string of the molecule is COc1cccc(C(=O)Nc2cnn(Cc3ccc(Cl)cc3)c2)c1. The van der Waals surface area contributed by atoms with E-state index >= 15 is 0 Å². The highest BCUT2D eigenvalue weighted by molar-refractivity contribution is 6.30. The molecule has 0 aliphatic heterocycles. The first-order valence-corrected chi connectivity index (χ1v) is 7.74. The summed E-state index contributed by atoms with van der Waals surface area (Å²) in [5.74, 6) is 0.432. The smallest absolute Gasteiger partial charge is 0.255 e. The molecular weight excluding hydrogens is 326 g/mol. The van der Waals surface area contributed by atoms with Crippen molar-refractivity contribution >= 4 is 23.2 Å². The zero-order valence-corrected chi connectivity index (χ0v) is 13.8. The Morgan fingerprint density at radius 2 is 2.04 bits per heavy atom. The van der Waals surface area contributed by atoms with Crippen LogP contribution in [-0.2, 0) is 6.54 Å². The van der Waals surface area contributed by atoms with Gasteiger partial charge >= 0.3 is 0 Å². The molecule has 1 aromatic heterocycles. The van der Waals surface area contributed by atoms with Crippen LogP contribution in [0.25, 0.3) is 0 Å². The van der Waals surface area contributed by atoms with Gasteiger partial charge in [-0.3, -0.25) is 9.48 Å². The summed E-state index contributed by atoms with van der Waals surface area (Å²) in [4.78, 5) is 12.3. The van der Waals surface area contributed by atoms with Gasteiger partial charge in [0, 0.05) is 16.8 Å². The Hall–Kier alpha value is -2.79. The molecule has 122 valence electrons. The Morgan fingerprint density at radius 3 is 2.79 bits per heavy atom. The third kappa shape index (κ3) is 3.94. The number of carbonyl (C=O) groups is 1. The monoisotopic (exact) mass is 341 g/mol. The van der Waals surface area contributed by atoms with Crippen LogP contribution in [0.4, 0.5) is 5.69 Å². The summed E-state index contributed by atoms with van der Waals surface area (Å²) >= 11 is 5.88. The van der Waals surface area contributed by atoms with Crippen LogP contribution >= 0.6 is 11.6 Å². The fourth-order valence-corrected chi connectivity index (χ4v) is 2.39. The number of carbonyl (C=O) groups excluding carboxylic acids is 1. The van der Waals surface area contributed by atoms with E-state index in [2.05, 4.69) is 10.4 Å². The summed E-state index contributed by atoms with van der Waals surface area (Å²) in [5.41, 5.74) is 2.24. The van der Waals surface area contributed by atoms with Crippen molar-refractivity contribution in [1.29, 1.82) is 0 Å². The maximum atomic E-state index is 12.3. The van der Waals surface area contributed by atoms with Gasteiger partial charge in [-0.05, 0) is 35.9 Å². The maximum absolute atomic E-state index is 12.3. The molecule has 3 rings (SSSR count). The summed E-state index contributed by atoms with van der Waals surface area (Å²) < 4.78 is 6.88. The number of benzene rings is 2. The summed E-state index contributed by atoms with van der Waals surface area (Å²) in [7, 11) is 1.57. The number of hydrogen-bond donors (Lipinski definition) is 1. The van der Waals surface area contributed by atoms with Crippen molar-refractivity contribution in [3.63, 3.8) is 0 Å². The van der Waals surface area contributed by atoms with Gasteiger partial charge < -0.3 is 10.1 Å². The second kappa shape index (κ2) is 7.19. The number of nitrogens with one attached hydrogen (secondary N) is 1. The van der Waals surface area contributed by atoms with Crippen molar-refractivity contribution in [3.8, 4) is 5.75 Å². The molecule has 0 aliphatic rings. The number of methoxy groups -OCH3 is 1. The molecule has 5 nitrogen and oxygen atoms in total. The van der Waals surface area contributed by atoms with Crippen molar-refractivity contribution in [2.75, 3.05) is 12.4 Å². The van der Waals surface area contributed by atoms with Crippen LogP contribution in [-0.4, -0.2) is 22.8 Å². The molecule has 3 aromatic rings. The zero-order chi connectivity index (χ0) is 16.9. The maximum Gasteiger partial charge on any atom is 0.255 e. The topological polar surface area (TPSA) is 56.1 Å². The van der Waals surface area contributed by atoms with Gasteiger partial charge in [0.1, 0.15) is 5.75 Å². The van der Waals surface area contributed by atoms with E-state index in [1.165, 1.54) is 0 Å². The number of rotatable bonds is 5. The minimum atomic E-state index is -0.208. The van der Waals surface area contributed by atoms with Crippen LogP contribution in [0.15, 0.2) is 60.9 Å². The fraction of sp³-hybridized carbons (Fsp3) is 0.111. The normalized spacial score (nSPS) is 10.4. The molecule has 0 radical (unpaired) electrons. The molecule has 0 saturated heterocycles. The summed E-state index contributed by atoms with van der Waals surface area (Å²) in [6.07, 6.45) is 3.40. The van der Waals surface area contributed by atoms with Gasteiger partial charge in [-0.15, -0.1) is 0 Å². The first-order chi connectivity index (χ1) is 11.6. The minimum absolute atomic E-state index is 0.208. The Bertz CT molecular complexity index is 843. The van der Waals surface area contributed by atoms with Crippen LogP contribution < -0.4 is 10.1 Å². The number of halogens is 1. The van der Waals surface area contributed by atoms with E-state index in [0.717, 1.165) is 5.56 Å². The molecular formula is C18H16ClN3O2. The zero-order valence-electron chi connectivity index (χ0n) is 13.1. The molecule has 0 unspecified atom stereocenters. The summed E-state index contributed by atoms with van der Waals surface area (Å²) in [6, 6.07) is 14.6. The van der Waals surface area contributed by atoms with E-state index in [4.69, 9.17) is 16.3 Å². The number of anilines is 1. The van der Waals surface area contributed by atoms with Crippen LogP contribution in [0.5, 0.6) is 5.75 Å². The molecule has 24 heavy (non-hydrogen) atoms. The van der Waals surface area contributed by atoms with Crippen LogP contribution in [0.1, 0.15) is 15.9 Å². The van der Waals surface area contributed by atoms with Gasteiger partial charge in [-0.25, -0.2) is 0 Å². The van der Waals surface area contributed by atoms with Gasteiger partial charge in [0.2, 0.25) is 0 Å². The van der Waals surface area contributed by atoms with Crippen molar-refractivity contribution < 1.29 is 9.53 Å². The lowest BCUT2D eigenvalue weighted by Gasteiger charge is -2.05. The molecule has 0 spiro atoms. The van der Waals surface area contributed by atoms with E-state index < -0.39 is 0 Å². The van der Waals surface area contributed by atoms with Gasteiger partial charge in [0.15, 0.2) is 0 Å². The molecule has 1 heterocycles. The molecule has 0 bridgehead atoms. The predicted octanol–water partition coefficient (Wildman–Crippen LogP) is 3.85. The van der Waals surface area contributed by atoms with Crippen LogP contribution in [0.2, 0.25) is 5.02 Å². The second-order valence-corrected chi connectivity index (χ2v) is 5.68. The van der Waals surface area contributed by atoms with E-state index in [1.807, 2.05) is 24.3 Å². The van der Waals surface area contributed by atoms with Gasteiger partial charge in [0.25, 0.3) is 5.91 Å². The van der Waals surface area contributed by atoms with E-state index in [-0.39, 0.29) is 5.91 Å². The Labute approximate surface area is 144 Å². The molecule has 0 saturated carbocycles. The summed E-state index contributed by atoms with van der Waals surface area (Å²) in [6.45, 7) is 0.603. The standard InChI is InChI=1S/C18H16ClN3O2/c1-24-17-4-2-3-14(9-17)18(23)21-16-10-20-22(12-16)11-13-5-7-15(19)8-6-13/h2-10,12H,11H2,1H3,(H,21,23). The average Bonchev–Trinajstić information content (AvgIpc) is 3.04. The van der Waals surface area contributed by atoms with Crippen molar-refractivity contribution in [2.45, 2.75) is 6.54 Å². The molecule has 6 heteroatoms. The Balaban J connectivity index is 1.67. The van der Waals surface area contributed by atoms with Crippen LogP contribution in [0.3, 0.4) is 0 Å². The molecule has 1 amide bonds. The van der Waals surface area contributed by atoms with Gasteiger partial charge in [-0.1, -0.05) is 29.8 Å². The average molecular weight is 342 g/mol.